The molecule has 1 heterocycles. The molecule has 0 radical (unpaired) electrons. The standard InChI is InChI=1S/C14H19N3S/c1-13(11-17-9-7-15-12-17)16-8-10-18-14-5-3-2-4-6-14/h2-7,9,12-13,16H,8,10-11H2,1H3. The molecule has 0 bridgehead atoms. The van der Waals surface area contributed by atoms with Crippen molar-refractivity contribution in [1.29, 1.82) is 0 Å². The summed E-state index contributed by atoms with van der Waals surface area (Å²) in [5.41, 5.74) is 0. The lowest BCUT2D eigenvalue weighted by molar-refractivity contribution is 0.491. The Hall–Kier alpha value is -1.26. The molecule has 1 unspecified atom stereocenters. The number of hydrogen-bond acceptors (Lipinski definition) is 3. The number of nitrogens with one attached hydrogen (secondary N) is 1. The first-order chi connectivity index (χ1) is 8.84. The average molecular weight is 261 g/mol. The minimum atomic E-state index is 0.468. The Balaban J connectivity index is 1.60. The number of imidazole rings is 1. The van der Waals surface area contributed by atoms with E-state index in [4.69, 9.17) is 0 Å². The molecule has 0 amide bonds. The fourth-order valence-corrected chi connectivity index (χ4v) is 2.57. The fourth-order valence-electron chi connectivity index (χ4n) is 1.77. The number of aromatic nitrogens is 2. The second kappa shape index (κ2) is 7.24. The van der Waals surface area contributed by atoms with Crippen molar-refractivity contribution in [3.05, 3.63) is 49.1 Å². The van der Waals surface area contributed by atoms with Gasteiger partial charge in [0.2, 0.25) is 0 Å². The van der Waals surface area contributed by atoms with E-state index >= 15 is 0 Å². The van der Waals surface area contributed by atoms with Gasteiger partial charge in [0.1, 0.15) is 0 Å². The zero-order valence-corrected chi connectivity index (χ0v) is 11.4. The number of thioether (sulfide) groups is 1. The van der Waals surface area contributed by atoms with E-state index in [9.17, 15) is 0 Å². The Kier molecular flexibility index (Phi) is 5.30. The van der Waals surface area contributed by atoms with Crippen LogP contribution in [0.2, 0.25) is 0 Å². The average Bonchev–Trinajstić information content (AvgIpc) is 2.89. The predicted octanol–water partition coefficient (Wildman–Crippen LogP) is 2.65. The summed E-state index contributed by atoms with van der Waals surface area (Å²) >= 11 is 1.89. The second-order valence-corrected chi connectivity index (χ2v) is 5.44. The molecule has 0 spiro atoms. The fraction of sp³-hybridized carbons (Fsp3) is 0.357. The van der Waals surface area contributed by atoms with Crippen molar-refractivity contribution in [1.82, 2.24) is 14.9 Å². The van der Waals surface area contributed by atoms with Gasteiger partial charge in [0.05, 0.1) is 6.33 Å². The van der Waals surface area contributed by atoms with Crippen molar-refractivity contribution in [2.24, 2.45) is 0 Å². The Bertz CT molecular complexity index is 428. The quantitative estimate of drug-likeness (QED) is 0.614. The van der Waals surface area contributed by atoms with Crippen LogP contribution < -0.4 is 5.32 Å². The summed E-state index contributed by atoms with van der Waals surface area (Å²) < 4.78 is 2.10. The third kappa shape index (κ3) is 4.55. The van der Waals surface area contributed by atoms with Crippen molar-refractivity contribution in [2.45, 2.75) is 24.4 Å². The third-order valence-electron chi connectivity index (χ3n) is 2.65. The Morgan fingerprint density at radius 3 is 2.89 bits per heavy atom. The summed E-state index contributed by atoms with van der Waals surface area (Å²) in [7, 11) is 0. The molecule has 0 aliphatic rings. The minimum absolute atomic E-state index is 0.468. The van der Waals surface area contributed by atoms with E-state index in [0.29, 0.717) is 6.04 Å². The second-order valence-electron chi connectivity index (χ2n) is 4.28. The van der Waals surface area contributed by atoms with Crippen LogP contribution in [-0.2, 0) is 6.54 Å². The van der Waals surface area contributed by atoms with Gasteiger partial charge < -0.3 is 9.88 Å². The van der Waals surface area contributed by atoms with E-state index < -0.39 is 0 Å². The van der Waals surface area contributed by atoms with Gasteiger partial charge >= 0.3 is 0 Å². The first-order valence-electron chi connectivity index (χ1n) is 6.21. The normalized spacial score (nSPS) is 12.5. The molecule has 0 aliphatic carbocycles. The Morgan fingerprint density at radius 2 is 2.17 bits per heavy atom. The lowest BCUT2D eigenvalue weighted by Crippen LogP contribution is -2.31. The first-order valence-corrected chi connectivity index (χ1v) is 7.20. The summed E-state index contributed by atoms with van der Waals surface area (Å²) in [6, 6.07) is 11.0. The molecule has 1 aromatic carbocycles. The smallest absolute Gasteiger partial charge is 0.0946 e. The molecule has 1 aromatic heterocycles. The molecule has 1 N–H and O–H groups in total. The number of nitrogens with zero attached hydrogens (tertiary/aromatic N) is 2. The molecule has 2 rings (SSSR count). The molecular formula is C14H19N3S. The molecule has 0 aliphatic heterocycles. The van der Waals surface area contributed by atoms with E-state index in [1.807, 2.05) is 30.5 Å². The number of rotatable bonds is 7. The van der Waals surface area contributed by atoms with Crippen LogP contribution in [0.4, 0.5) is 0 Å². The molecule has 2 aromatic rings. The summed E-state index contributed by atoms with van der Waals surface area (Å²) in [5.74, 6) is 1.10. The zero-order chi connectivity index (χ0) is 12.6. The maximum Gasteiger partial charge on any atom is 0.0946 e. The topological polar surface area (TPSA) is 29.9 Å². The zero-order valence-electron chi connectivity index (χ0n) is 10.6. The van der Waals surface area contributed by atoms with Crippen LogP contribution in [0.3, 0.4) is 0 Å². The molecule has 96 valence electrons. The maximum absolute atomic E-state index is 4.04. The third-order valence-corrected chi connectivity index (χ3v) is 3.66. The SMILES string of the molecule is CC(Cn1ccnc1)NCCSc1ccccc1. The molecular weight excluding hydrogens is 242 g/mol. The van der Waals surface area contributed by atoms with Crippen molar-refractivity contribution < 1.29 is 0 Å². The lowest BCUT2D eigenvalue weighted by Gasteiger charge is -2.14. The monoisotopic (exact) mass is 261 g/mol. The predicted molar refractivity (Wildman–Crippen MR) is 76.9 cm³/mol. The number of hydrogen-bond donors (Lipinski definition) is 1. The van der Waals surface area contributed by atoms with Crippen LogP contribution in [0.5, 0.6) is 0 Å². The van der Waals surface area contributed by atoms with Crippen molar-refractivity contribution in [3.8, 4) is 0 Å². The van der Waals surface area contributed by atoms with E-state index in [2.05, 4.69) is 52.1 Å². The van der Waals surface area contributed by atoms with Gasteiger partial charge in [-0.25, -0.2) is 4.98 Å². The maximum atomic E-state index is 4.04. The van der Waals surface area contributed by atoms with E-state index in [1.165, 1.54) is 4.90 Å². The van der Waals surface area contributed by atoms with Crippen LogP contribution in [0.15, 0.2) is 53.9 Å². The van der Waals surface area contributed by atoms with Gasteiger partial charge in [0, 0.05) is 42.2 Å². The van der Waals surface area contributed by atoms with Gasteiger partial charge in [-0.3, -0.25) is 0 Å². The molecule has 3 nitrogen and oxygen atoms in total. The highest BCUT2D eigenvalue weighted by Gasteiger charge is 2.01. The highest BCUT2D eigenvalue weighted by molar-refractivity contribution is 7.99. The summed E-state index contributed by atoms with van der Waals surface area (Å²) in [4.78, 5) is 5.38. The van der Waals surface area contributed by atoms with Crippen LogP contribution in [0.25, 0.3) is 0 Å². The molecule has 0 fully saturated rings. The molecule has 4 heteroatoms. The minimum Gasteiger partial charge on any atom is -0.336 e. The van der Waals surface area contributed by atoms with E-state index in [1.54, 1.807) is 0 Å². The Morgan fingerprint density at radius 1 is 1.33 bits per heavy atom. The molecule has 0 saturated carbocycles. The van der Waals surface area contributed by atoms with Gasteiger partial charge in [0.15, 0.2) is 0 Å². The van der Waals surface area contributed by atoms with Crippen molar-refractivity contribution in [2.75, 3.05) is 12.3 Å². The molecule has 18 heavy (non-hydrogen) atoms. The largest absolute Gasteiger partial charge is 0.336 e. The number of benzene rings is 1. The summed E-state index contributed by atoms with van der Waals surface area (Å²) in [6.45, 7) is 4.19. The highest BCUT2D eigenvalue weighted by Crippen LogP contribution is 2.15. The lowest BCUT2D eigenvalue weighted by atomic mass is 10.3. The van der Waals surface area contributed by atoms with Crippen molar-refractivity contribution >= 4 is 11.8 Å². The summed E-state index contributed by atoms with van der Waals surface area (Å²) in [5, 5.41) is 3.52. The molecule has 0 saturated heterocycles. The van der Waals surface area contributed by atoms with Gasteiger partial charge in [-0.1, -0.05) is 18.2 Å². The van der Waals surface area contributed by atoms with E-state index in [0.717, 1.165) is 18.8 Å². The van der Waals surface area contributed by atoms with Gasteiger partial charge in [0.25, 0.3) is 0 Å². The van der Waals surface area contributed by atoms with Gasteiger partial charge in [-0.2, -0.15) is 0 Å². The van der Waals surface area contributed by atoms with Crippen molar-refractivity contribution in [3.63, 3.8) is 0 Å². The van der Waals surface area contributed by atoms with Gasteiger partial charge in [-0.05, 0) is 19.1 Å². The molecule has 1 atom stereocenters. The highest BCUT2D eigenvalue weighted by atomic mass is 32.2. The Labute approximate surface area is 113 Å². The van der Waals surface area contributed by atoms with Crippen LogP contribution in [0.1, 0.15) is 6.92 Å². The van der Waals surface area contributed by atoms with Crippen LogP contribution in [0, 0.1) is 0 Å². The van der Waals surface area contributed by atoms with Gasteiger partial charge in [-0.15, -0.1) is 11.8 Å². The first kappa shape index (κ1) is 13.2. The van der Waals surface area contributed by atoms with Crippen LogP contribution in [-0.4, -0.2) is 27.9 Å². The van der Waals surface area contributed by atoms with Crippen LogP contribution >= 0.6 is 11.8 Å². The van der Waals surface area contributed by atoms with E-state index in [-0.39, 0.29) is 0 Å². The summed E-state index contributed by atoms with van der Waals surface area (Å²) in [6.07, 6.45) is 5.67.